The maximum atomic E-state index is 11.9. The van der Waals surface area contributed by atoms with Crippen molar-refractivity contribution in [2.45, 2.75) is 25.3 Å². The minimum Gasteiger partial charge on any atom is -0.363 e. The standard InChI is InChI=1S/C18H20N6O/c1-23(2)18(25)14-5-3-12(4-6-14)11-20-15-17-22-21-16(13-7-8-13)24(17)10-9-19-15/h3-6,9-10,13H,7-8,11H2,1-2H3,(H,19,20). The Labute approximate surface area is 145 Å². The van der Waals surface area contributed by atoms with E-state index in [2.05, 4.69) is 20.5 Å². The van der Waals surface area contributed by atoms with E-state index in [0.717, 1.165) is 22.9 Å². The van der Waals surface area contributed by atoms with E-state index < -0.39 is 0 Å². The van der Waals surface area contributed by atoms with Gasteiger partial charge in [-0.25, -0.2) is 4.98 Å². The van der Waals surface area contributed by atoms with Crippen LogP contribution in [0.2, 0.25) is 0 Å². The molecule has 0 saturated heterocycles. The predicted octanol–water partition coefficient (Wildman–Crippen LogP) is 2.32. The third-order valence-electron chi connectivity index (χ3n) is 4.36. The molecule has 1 amide bonds. The molecule has 3 aromatic rings. The van der Waals surface area contributed by atoms with Crippen LogP contribution in [0.25, 0.3) is 5.65 Å². The molecule has 1 saturated carbocycles. The van der Waals surface area contributed by atoms with Crippen LogP contribution in [-0.2, 0) is 6.54 Å². The minimum atomic E-state index is 0.00186. The molecule has 0 atom stereocenters. The van der Waals surface area contributed by atoms with E-state index in [1.54, 1.807) is 25.2 Å². The lowest BCUT2D eigenvalue weighted by atomic mass is 10.1. The average Bonchev–Trinajstić information content (AvgIpc) is 3.38. The molecule has 1 fully saturated rings. The third kappa shape index (κ3) is 3.05. The van der Waals surface area contributed by atoms with Gasteiger partial charge in [-0.3, -0.25) is 9.20 Å². The van der Waals surface area contributed by atoms with Crippen LogP contribution in [0.4, 0.5) is 5.82 Å². The van der Waals surface area contributed by atoms with Crippen molar-refractivity contribution in [2.24, 2.45) is 0 Å². The van der Waals surface area contributed by atoms with Crippen LogP contribution in [0.1, 0.15) is 40.5 Å². The van der Waals surface area contributed by atoms with Crippen molar-refractivity contribution in [2.75, 3.05) is 19.4 Å². The quantitative estimate of drug-likeness (QED) is 0.774. The average molecular weight is 336 g/mol. The molecule has 1 aliphatic rings. The highest BCUT2D eigenvalue weighted by atomic mass is 16.2. The van der Waals surface area contributed by atoms with Crippen molar-refractivity contribution in [3.8, 4) is 0 Å². The Morgan fingerprint density at radius 2 is 2.00 bits per heavy atom. The van der Waals surface area contributed by atoms with Crippen LogP contribution in [0, 0.1) is 0 Å². The summed E-state index contributed by atoms with van der Waals surface area (Å²) in [5.74, 6) is 2.27. The first kappa shape index (κ1) is 15.6. The number of hydrogen-bond donors (Lipinski definition) is 1. The molecular formula is C18H20N6O. The van der Waals surface area contributed by atoms with Crippen LogP contribution in [0.15, 0.2) is 36.7 Å². The number of hydrogen-bond acceptors (Lipinski definition) is 5. The number of carbonyl (C=O) groups is 1. The second-order valence-corrected chi connectivity index (χ2v) is 6.55. The first-order chi connectivity index (χ1) is 12.1. The van der Waals surface area contributed by atoms with E-state index in [1.165, 1.54) is 12.8 Å². The summed E-state index contributed by atoms with van der Waals surface area (Å²) in [4.78, 5) is 17.9. The van der Waals surface area contributed by atoms with Crippen molar-refractivity contribution in [3.63, 3.8) is 0 Å². The summed E-state index contributed by atoms with van der Waals surface area (Å²) >= 11 is 0. The van der Waals surface area contributed by atoms with Gasteiger partial charge in [0.05, 0.1) is 0 Å². The lowest BCUT2D eigenvalue weighted by Crippen LogP contribution is -2.21. The zero-order valence-electron chi connectivity index (χ0n) is 14.3. The highest BCUT2D eigenvalue weighted by molar-refractivity contribution is 5.93. The van der Waals surface area contributed by atoms with Gasteiger partial charge in [-0.1, -0.05) is 12.1 Å². The Hall–Kier alpha value is -2.96. The van der Waals surface area contributed by atoms with Gasteiger partial charge in [-0.15, -0.1) is 10.2 Å². The number of rotatable bonds is 5. The molecule has 25 heavy (non-hydrogen) atoms. The van der Waals surface area contributed by atoms with Gasteiger partial charge in [0.2, 0.25) is 5.65 Å². The van der Waals surface area contributed by atoms with Gasteiger partial charge in [-0.2, -0.15) is 0 Å². The summed E-state index contributed by atoms with van der Waals surface area (Å²) < 4.78 is 2.02. The molecule has 1 N–H and O–H groups in total. The van der Waals surface area contributed by atoms with Crippen LogP contribution in [0.5, 0.6) is 0 Å². The lowest BCUT2D eigenvalue weighted by Gasteiger charge is -2.11. The summed E-state index contributed by atoms with van der Waals surface area (Å²) in [6, 6.07) is 7.58. The Morgan fingerprint density at radius 3 is 2.68 bits per heavy atom. The summed E-state index contributed by atoms with van der Waals surface area (Å²) in [5.41, 5.74) is 2.50. The van der Waals surface area contributed by atoms with Crippen molar-refractivity contribution in [1.29, 1.82) is 0 Å². The summed E-state index contributed by atoms with van der Waals surface area (Å²) in [7, 11) is 3.50. The van der Waals surface area contributed by atoms with Gasteiger partial charge in [0.1, 0.15) is 5.82 Å². The second-order valence-electron chi connectivity index (χ2n) is 6.55. The Balaban J connectivity index is 1.50. The number of carbonyl (C=O) groups excluding carboxylic acids is 1. The number of aromatic nitrogens is 4. The molecule has 7 nitrogen and oxygen atoms in total. The third-order valence-corrected chi connectivity index (χ3v) is 4.36. The fraction of sp³-hybridized carbons (Fsp3) is 0.333. The van der Waals surface area contributed by atoms with Crippen LogP contribution in [-0.4, -0.2) is 44.5 Å². The van der Waals surface area contributed by atoms with E-state index in [1.807, 2.05) is 34.9 Å². The number of nitrogens with one attached hydrogen (secondary N) is 1. The number of nitrogens with zero attached hydrogens (tertiary/aromatic N) is 5. The highest BCUT2D eigenvalue weighted by Crippen LogP contribution is 2.39. The normalized spacial score (nSPS) is 13.8. The molecule has 2 aromatic heterocycles. The van der Waals surface area contributed by atoms with Crippen molar-refractivity contribution >= 4 is 17.4 Å². The molecule has 4 rings (SSSR count). The van der Waals surface area contributed by atoms with Crippen molar-refractivity contribution < 1.29 is 4.79 Å². The first-order valence-corrected chi connectivity index (χ1v) is 8.37. The zero-order valence-corrected chi connectivity index (χ0v) is 14.3. The van der Waals surface area contributed by atoms with Gasteiger partial charge in [0.15, 0.2) is 5.82 Å². The van der Waals surface area contributed by atoms with E-state index in [0.29, 0.717) is 18.0 Å². The smallest absolute Gasteiger partial charge is 0.253 e. The fourth-order valence-electron chi connectivity index (χ4n) is 2.80. The van der Waals surface area contributed by atoms with Crippen LogP contribution >= 0.6 is 0 Å². The van der Waals surface area contributed by atoms with E-state index >= 15 is 0 Å². The van der Waals surface area contributed by atoms with E-state index in [4.69, 9.17) is 0 Å². The summed E-state index contributed by atoms with van der Waals surface area (Å²) in [6.07, 6.45) is 6.05. The molecule has 0 radical (unpaired) electrons. The predicted molar refractivity (Wildman–Crippen MR) is 94.5 cm³/mol. The molecule has 0 unspecified atom stereocenters. The van der Waals surface area contributed by atoms with Crippen molar-refractivity contribution in [1.82, 2.24) is 24.5 Å². The molecule has 1 aliphatic carbocycles. The zero-order chi connectivity index (χ0) is 17.4. The molecule has 0 spiro atoms. The fourth-order valence-corrected chi connectivity index (χ4v) is 2.80. The molecular weight excluding hydrogens is 316 g/mol. The number of anilines is 1. The number of fused-ring (bicyclic) bond motifs is 1. The molecule has 1 aromatic carbocycles. The summed E-state index contributed by atoms with van der Waals surface area (Å²) in [5, 5.41) is 11.9. The Kier molecular flexibility index (Phi) is 3.83. The van der Waals surface area contributed by atoms with Gasteiger partial charge >= 0.3 is 0 Å². The molecule has 0 aliphatic heterocycles. The minimum absolute atomic E-state index is 0.00186. The largest absolute Gasteiger partial charge is 0.363 e. The first-order valence-electron chi connectivity index (χ1n) is 8.37. The highest BCUT2D eigenvalue weighted by Gasteiger charge is 2.29. The SMILES string of the molecule is CN(C)C(=O)c1ccc(CNc2nccn3c(C4CC4)nnc23)cc1. The van der Waals surface area contributed by atoms with E-state index in [-0.39, 0.29) is 5.91 Å². The van der Waals surface area contributed by atoms with Gasteiger partial charge in [0.25, 0.3) is 5.91 Å². The molecule has 7 heteroatoms. The lowest BCUT2D eigenvalue weighted by molar-refractivity contribution is 0.0827. The molecule has 128 valence electrons. The van der Waals surface area contributed by atoms with Crippen LogP contribution in [0.3, 0.4) is 0 Å². The van der Waals surface area contributed by atoms with Crippen LogP contribution < -0.4 is 5.32 Å². The molecule has 0 bridgehead atoms. The maximum Gasteiger partial charge on any atom is 0.253 e. The molecule has 2 heterocycles. The van der Waals surface area contributed by atoms with Gasteiger partial charge in [0, 0.05) is 44.5 Å². The maximum absolute atomic E-state index is 11.9. The number of benzene rings is 1. The Bertz CT molecular complexity index is 911. The summed E-state index contributed by atoms with van der Waals surface area (Å²) in [6.45, 7) is 0.606. The topological polar surface area (TPSA) is 75.4 Å². The van der Waals surface area contributed by atoms with Gasteiger partial charge in [-0.05, 0) is 30.5 Å². The monoisotopic (exact) mass is 336 g/mol. The van der Waals surface area contributed by atoms with E-state index in [9.17, 15) is 4.79 Å². The second kappa shape index (κ2) is 6.16. The van der Waals surface area contributed by atoms with Gasteiger partial charge < -0.3 is 10.2 Å². The van der Waals surface area contributed by atoms with Crippen molar-refractivity contribution in [3.05, 3.63) is 53.6 Å². The number of amides is 1. The Morgan fingerprint density at radius 1 is 1.24 bits per heavy atom.